The number of hydrogen-bond acceptors (Lipinski definition) is 1. The van der Waals surface area contributed by atoms with E-state index in [2.05, 4.69) is 0 Å². The van der Waals surface area contributed by atoms with Crippen LogP contribution in [0.1, 0.15) is 12.8 Å². The van der Waals surface area contributed by atoms with E-state index in [-0.39, 0.29) is 0 Å². The number of carboxylic acids is 1. The van der Waals surface area contributed by atoms with E-state index in [9.17, 15) is 4.79 Å². The smallest absolute Gasteiger partial charge is 0.328 e. The van der Waals surface area contributed by atoms with Gasteiger partial charge in [0.1, 0.15) is 0 Å². The molecule has 0 atom stereocenters. The number of carbonyl (C=O) groups is 1. The Morgan fingerprint density at radius 2 is 1.67 bits per heavy atom. The molecular formula is C13H12O2. The first kappa shape index (κ1) is 9.71. The van der Waals surface area contributed by atoms with Crippen LogP contribution in [-0.4, -0.2) is 11.1 Å². The lowest BCUT2D eigenvalue weighted by atomic mass is 9.96. The molecule has 2 aliphatic rings. The zero-order valence-electron chi connectivity index (χ0n) is 8.31. The molecule has 76 valence electrons. The summed E-state index contributed by atoms with van der Waals surface area (Å²) in [6.45, 7) is 0. The summed E-state index contributed by atoms with van der Waals surface area (Å²) in [5.41, 5.74) is 3.04. The van der Waals surface area contributed by atoms with Gasteiger partial charge < -0.3 is 5.11 Å². The average Bonchev–Trinajstić information content (AvgIpc) is 2.87. The molecule has 0 aromatic heterocycles. The van der Waals surface area contributed by atoms with Crippen molar-refractivity contribution in [2.45, 2.75) is 12.8 Å². The molecular weight excluding hydrogens is 188 g/mol. The van der Waals surface area contributed by atoms with E-state index in [0.29, 0.717) is 0 Å². The Labute approximate surface area is 88.6 Å². The normalized spacial score (nSPS) is 17.6. The second-order valence-electron chi connectivity index (χ2n) is 3.54. The van der Waals surface area contributed by atoms with E-state index in [0.717, 1.165) is 29.6 Å². The van der Waals surface area contributed by atoms with Crippen LogP contribution in [0.25, 0.3) is 0 Å². The van der Waals surface area contributed by atoms with Crippen LogP contribution in [0.2, 0.25) is 0 Å². The van der Waals surface area contributed by atoms with Crippen molar-refractivity contribution >= 4 is 5.97 Å². The van der Waals surface area contributed by atoms with E-state index < -0.39 is 5.97 Å². The third kappa shape index (κ3) is 2.15. The maximum Gasteiger partial charge on any atom is 0.328 e. The molecule has 0 radical (unpaired) electrons. The SMILES string of the molecule is O=C(O)C=C(C1=CC=CC1)C1=CC=CC1. The summed E-state index contributed by atoms with van der Waals surface area (Å²) < 4.78 is 0. The second kappa shape index (κ2) is 4.13. The first-order chi connectivity index (χ1) is 7.27. The van der Waals surface area contributed by atoms with Gasteiger partial charge in [-0.2, -0.15) is 0 Å². The largest absolute Gasteiger partial charge is 0.478 e. The molecule has 1 N–H and O–H groups in total. The van der Waals surface area contributed by atoms with E-state index in [1.807, 2.05) is 36.5 Å². The second-order valence-corrected chi connectivity index (χ2v) is 3.54. The summed E-state index contributed by atoms with van der Waals surface area (Å²) >= 11 is 0. The fourth-order valence-electron chi connectivity index (χ4n) is 1.81. The highest BCUT2D eigenvalue weighted by atomic mass is 16.4. The molecule has 2 nitrogen and oxygen atoms in total. The van der Waals surface area contributed by atoms with Crippen molar-refractivity contribution in [1.82, 2.24) is 0 Å². The lowest BCUT2D eigenvalue weighted by Crippen LogP contribution is -1.97. The van der Waals surface area contributed by atoms with Crippen molar-refractivity contribution in [3.8, 4) is 0 Å². The van der Waals surface area contributed by atoms with Crippen molar-refractivity contribution in [2.24, 2.45) is 0 Å². The van der Waals surface area contributed by atoms with Crippen molar-refractivity contribution in [1.29, 1.82) is 0 Å². The minimum absolute atomic E-state index is 0.830. The minimum Gasteiger partial charge on any atom is -0.478 e. The van der Waals surface area contributed by atoms with Gasteiger partial charge in [0.2, 0.25) is 0 Å². The van der Waals surface area contributed by atoms with E-state index in [4.69, 9.17) is 5.11 Å². The number of rotatable bonds is 3. The molecule has 0 saturated heterocycles. The monoisotopic (exact) mass is 200 g/mol. The lowest BCUT2D eigenvalue weighted by Gasteiger charge is -2.08. The maximum absolute atomic E-state index is 10.8. The van der Waals surface area contributed by atoms with Crippen LogP contribution in [0.4, 0.5) is 0 Å². The summed E-state index contributed by atoms with van der Waals surface area (Å²) in [7, 11) is 0. The summed E-state index contributed by atoms with van der Waals surface area (Å²) in [5.74, 6) is -0.884. The van der Waals surface area contributed by atoms with E-state index in [1.54, 1.807) is 0 Å². The topological polar surface area (TPSA) is 37.3 Å². The first-order valence-corrected chi connectivity index (χ1v) is 4.94. The highest BCUT2D eigenvalue weighted by molar-refractivity contribution is 5.83. The minimum atomic E-state index is -0.884. The van der Waals surface area contributed by atoms with E-state index >= 15 is 0 Å². The zero-order chi connectivity index (χ0) is 10.7. The Morgan fingerprint density at radius 3 is 2.00 bits per heavy atom. The molecule has 0 aromatic carbocycles. The standard InChI is InChI=1S/C13H12O2/c14-13(15)9-12(10-5-1-2-6-10)11-7-3-4-8-11/h1-5,7,9H,6,8H2,(H,14,15). The van der Waals surface area contributed by atoms with Crippen LogP contribution in [0.15, 0.2) is 59.3 Å². The predicted molar refractivity (Wildman–Crippen MR) is 59.4 cm³/mol. The molecule has 0 unspecified atom stereocenters. The molecule has 15 heavy (non-hydrogen) atoms. The number of carboxylic acid groups (broad SMARTS) is 1. The summed E-state index contributed by atoms with van der Waals surface area (Å²) in [4.78, 5) is 10.8. The van der Waals surface area contributed by atoms with Gasteiger partial charge in [0, 0.05) is 6.08 Å². The van der Waals surface area contributed by atoms with Gasteiger partial charge >= 0.3 is 5.97 Å². The Morgan fingerprint density at radius 1 is 1.13 bits per heavy atom. The first-order valence-electron chi connectivity index (χ1n) is 4.94. The van der Waals surface area contributed by atoms with Crippen molar-refractivity contribution < 1.29 is 9.90 Å². The van der Waals surface area contributed by atoms with Gasteiger partial charge in [0.25, 0.3) is 0 Å². The Bertz CT molecular complexity index is 399. The van der Waals surface area contributed by atoms with Crippen LogP contribution >= 0.6 is 0 Å². The van der Waals surface area contributed by atoms with Crippen LogP contribution < -0.4 is 0 Å². The third-order valence-corrected chi connectivity index (χ3v) is 2.50. The quantitative estimate of drug-likeness (QED) is 0.711. The molecule has 0 heterocycles. The van der Waals surface area contributed by atoms with Crippen LogP contribution in [0.5, 0.6) is 0 Å². The van der Waals surface area contributed by atoms with Gasteiger partial charge in [-0.1, -0.05) is 36.5 Å². The van der Waals surface area contributed by atoms with Gasteiger partial charge in [-0.05, 0) is 29.6 Å². The average molecular weight is 200 g/mol. The number of allylic oxidation sites excluding steroid dienone is 9. The fraction of sp³-hybridized carbons (Fsp3) is 0.154. The van der Waals surface area contributed by atoms with Crippen molar-refractivity contribution in [3.63, 3.8) is 0 Å². The molecule has 0 aliphatic heterocycles. The molecule has 0 spiro atoms. The molecule has 0 aromatic rings. The fourth-order valence-corrected chi connectivity index (χ4v) is 1.81. The molecule has 0 saturated carbocycles. The zero-order valence-corrected chi connectivity index (χ0v) is 8.31. The summed E-state index contributed by atoms with van der Waals surface area (Å²) in [6, 6.07) is 0. The van der Waals surface area contributed by atoms with Crippen LogP contribution in [0.3, 0.4) is 0 Å². The van der Waals surface area contributed by atoms with Gasteiger partial charge in [-0.15, -0.1) is 0 Å². The molecule has 0 bridgehead atoms. The van der Waals surface area contributed by atoms with E-state index in [1.165, 1.54) is 6.08 Å². The summed E-state index contributed by atoms with van der Waals surface area (Å²) in [6.07, 6.45) is 14.9. The van der Waals surface area contributed by atoms with Crippen LogP contribution in [0, 0.1) is 0 Å². The molecule has 0 fully saturated rings. The third-order valence-electron chi connectivity index (χ3n) is 2.50. The van der Waals surface area contributed by atoms with Crippen molar-refractivity contribution in [2.75, 3.05) is 0 Å². The van der Waals surface area contributed by atoms with Crippen LogP contribution in [-0.2, 0) is 4.79 Å². The van der Waals surface area contributed by atoms with Gasteiger partial charge in [0.05, 0.1) is 0 Å². The molecule has 2 aliphatic carbocycles. The molecule has 2 heteroatoms. The Balaban J connectivity index is 2.28. The van der Waals surface area contributed by atoms with Gasteiger partial charge in [0.15, 0.2) is 0 Å². The maximum atomic E-state index is 10.8. The van der Waals surface area contributed by atoms with Gasteiger partial charge in [-0.25, -0.2) is 4.79 Å². The number of aliphatic carboxylic acids is 1. The number of hydrogen-bond donors (Lipinski definition) is 1. The highest BCUT2D eigenvalue weighted by Crippen LogP contribution is 2.30. The Hall–Kier alpha value is -1.83. The molecule has 0 amide bonds. The predicted octanol–water partition coefficient (Wildman–Crippen LogP) is 2.77. The lowest BCUT2D eigenvalue weighted by molar-refractivity contribution is -0.131. The Kier molecular flexibility index (Phi) is 2.68. The highest BCUT2D eigenvalue weighted by Gasteiger charge is 2.13. The molecule has 2 rings (SSSR count). The summed E-state index contributed by atoms with van der Waals surface area (Å²) in [5, 5.41) is 8.83. The van der Waals surface area contributed by atoms with Crippen molar-refractivity contribution in [3.05, 3.63) is 59.3 Å². The van der Waals surface area contributed by atoms with Gasteiger partial charge in [-0.3, -0.25) is 0 Å².